The van der Waals surface area contributed by atoms with E-state index in [0.29, 0.717) is 0 Å². The molecule has 0 heterocycles. The lowest BCUT2D eigenvalue weighted by molar-refractivity contribution is -0.137. The van der Waals surface area contributed by atoms with Crippen LogP contribution in [-0.2, 0) is 20.9 Å². The van der Waals surface area contributed by atoms with Gasteiger partial charge in [-0.2, -0.15) is 13.2 Å². The van der Waals surface area contributed by atoms with Crippen LogP contribution >= 0.6 is 15.9 Å². The van der Waals surface area contributed by atoms with Crippen LogP contribution in [0.4, 0.5) is 13.2 Å². The number of hydrogen-bond donors (Lipinski definition) is 1. The predicted octanol–water partition coefficient (Wildman–Crippen LogP) is 4.34. The van der Waals surface area contributed by atoms with Crippen LogP contribution in [0.3, 0.4) is 0 Å². The van der Waals surface area contributed by atoms with Gasteiger partial charge < -0.3 is 4.74 Å². The molecule has 0 aromatic heterocycles. The lowest BCUT2D eigenvalue weighted by Crippen LogP contribution is -2.32. The summed E-state index contributed by atoms with van der Waals surface area (Å²) in [6.45, 7) is 1.01. The van der Waals surface area contributed by atoms with Gasteiger partial charge in [0.05, 0.1) is 16.6 Å². The second-order valence-corrected chi connectivity index (χ2v) is 8.99. The first-order valence-electron chi connectivity index (χ1n) is 8.57. The topological polar surface area (TPSA) is 55.4 Å². The smallest absolute Gasteiger partial charge is 0.378 e. The van der Waals surface area contributed by atoms with Crippen molar-refractivity contribution in [3.05, 3.63) is 29.8 Å². The molecule has 0 atom stereocenters. The minimum absolute atomic E-state index is 0.155. The van der Waals surface area contributed by atoms with Crippen molar-refractivity contribution in [1.82, 2.24) is 4.72 Å². The molecule has 1 aliphatic carbocycles. The van der Waals surface area contributed by atoms with Crippen molar-refractivity contribution in [1.29, 1.82) is 0 Å². The van der Waals surface area contributed by atoms with E-state index in [1.807, 2.05) is 0 Å². The Morgan fingerprint density at radius 1 is 1.12 bits per heavy atom. The molecule has 0 bridgehead atoms. The fourth-order valence-corrected chi connectivity index (χ4v) is 4.29. The first-order chi connectivity index (χ1) is 12.2. The van der Waals surface area contributed by atoms with Gasteiger partial charge in [0.15, 0.2) is 0 Å². The fourth-order valence-electron chi connectivity index (χ4n) is 2.94. The monoisotopic (exact) mass is 457 g/mol. The largest absolute Gasteiger partial charge is 0.416 e. The third-order valence-electron chi connectivity index (χ3n) is 4.48. The molecule has 1 saturated carbocycles. The molecule has 0 radical (unpaired) electrons. The highest BCUT2D eigenvalue weighted by molar-refractivity contribution is 9.09. The molecule has 0 saturated heterocycles. The first-order valence-corrected chi connectivity index (χ1v) is 11.2. The quantitative estimate of drug-likeness (QED) is 0.466. The Morgan fingerprint density at radius 3 is 2.27 bits per heavy atom. The summed E-state index contributed by atoms with van der Waals surface area (Å²) < 4.78 is 70.5. The molecule has 1 fully saturated rings. The summed E-state index contributed by atoms with van der Waals surface area (Å²) in [6.07, 6.45) is 0.252. The minimum Gasteiger partial charge on any atom is -0.378 e. The minimum atomic E-state index is -4.48. The first kappa shape index (κ1) is 21.7. The van der Waals surface area contributed by atoms with Gasteiger partial charge in [0.2, 0.25) is 10.0 Å². The van der Waals surface area contributed by atoms with E-state index < -0.39 is 21.8 Å². The summed E-state index contributed by atoms with van der Waals surface area (Å²) in [6, 6.07) is 3.54. The molecule has 1 N–H and O–H groups in total. The molecular weight excluding hydrogens is 435 g/mol. The molecule has 4 nitrogen and oxygen atoms in total. The lowest BCUT2D eigenvalue weighted by Gasteiger charge is -2.28. The van der Waals surface area contributed by atoms with Crippen LogP contribution < -0.4 is 4.72 Å². The zero-order valence-corrected chi connectivity index (χ0v) is 16.7. The molecule has 148 valence electrons. The number of ether oxygens (including phenoxy) is 1. The van der Waals surface area contributed by atoms with Crippen LogP contribution in [0.15, 0.2) is 29.2 Å². The highest BCUT2D eigenvalue weighted by atomic mass is 79.9. The van der Waals surface area contributed by atoms with Gasteiger partial charge in [0, 0.05) is 18.5 Å². The highest BCUT2D eigenvalue weighted by Crippen LogP contribution is 2.30. The Balaban J connectivity index is 1.81. The van der Waals surface area contributed by atoms with Crippen molar-refractivity contribution in [2.75, 3.05) is 18.5 Å². The summed E-state index contributed by atoms with van der Waals surface area (Å²) in [4.78, 5) is -0.155. The van der Waals surface area contributed by atoms with Crippen LogP contribution in [0, 0.1) is 5.92 Å². The number of alkyl halides is 4. The maximum absolute atomic E-state index is 12.6. The number of nitrogens with one attached hydrogen (secondary N) is 1. The maximum Gasteiger partial charge on any atom is 0.416 e. The third-order valence-corrected chi connectivity index (χ3v) is 6.48. The van der Waals surface area contributed by atoms with Crippen LogP contribution in [0.2, 0.25) is 0 Å². The lowest BCUT2D eigenvalue weighted by atomic mass is 9.87. The van der Waals surface area contributed by atoms with E-state index in [0.717, 1.165) is 68.3 Å². The molecule has 0 aliphatic heterocycles. The van der Waals surface area contributed by atoms with E-state index in [1.165, 1.54) is 0 Å². The van der Waals surface area contributed by atoms with Crippen LogP contribution in [0.5, 0.6) is 0 Å². The molecule has 26 heavy (non-hydrogen) atoms. The summed E-state index contributed by atoms with van der Waals surface area (Å²) in [5.74, 6) is 0.218. The molecule has 1 aliphatic rings. The van der Waals surface area contributed by atoms with Gasteiger partial charge in [0.1, 0.15) is 0 Å². The molecule has 1 aromatic carbocycles. The summed E-state index contributed by atoms with van der Waals surface area (Å²) >= 11 is 3.35. The second kappa shape index (κ2) is 9.52. The molecule has 1 aromatic rings. The van der Waals surface area contributed by atoms with Gasteiger partial charge in [0.25, 0.3) is 0 Å². The van der Waals surface area contributed by atoms with E-state index in [1.54, 1.807) is 0 Å². The normalized spacial score (nSPS) is 21.7. The average Bonchev–Trinajstić information content (AvgIpc) is 2.61. The Labute approximate surface area is 160 Å². The molecule has 2 rings (SSSR count). The van der Waals surface area contributed by atoms with Gasteiger partial charge in [-0.3, -0.25) is 0 Å². The van der Waals surface area contributed by atoms with Crippen LogP contribution in [0.1, 0.15) is 37.7 Å². The van der Waals surface area contributed by atoms with Crippen molar-refractivity contribution in [3.8, 4) is 0 Å². The average molecular weight is 458 g/mol. The Kier molecular flexibility index (Phi) is 7.93. The fraction of sp³-hybridized carbons (Fsp3) is 0.647. The SMILES string of the molecule is O=S(=O)(NCC1CCC(OCCCBr)CC1)c1ccc(C(F)(F)F)cc1. The van der Waals surface area contributed by atoms with E-state index in [4.69, 9.17) is 4.74 Å². The van der Waals surface area contributed by atoms with Crippen molar-refractivity contribution < 1.29 is 26.3 Å². The zero-order chi connectivity index (χ0) is 19.2. The summed E-state index contributed by atoms with van der Waals surface area (Å²) in [5.41, 5.74) is -0.866. The van der Waals surface area contributed by atoms with Crippen molar-refractivity contribution >= 4 is 26.0 Å². The van der Waals surface area contributed by atoms with Gasteiger partial charge in [-0.05, 0) is 62.3 Å². The second-order valence-electron chi connectivity index (χ2n) is 6.43. The summed E-state index contributed by atoms with van der Waals surface area (Å²) in [5, 5.41) is 0.911. The van der Waals surface area contributed by atoms with E-state index >= 15 is 0 Å². The van der Waals surface area contributed by atoms with Crippen LogP contribution in [0.25, 0.3) is 0 Å². The Hall–Kier alpha value is -0.640. The molecule has 0 spiro atoms. The third kappa shape index (κ3) is 6.51. The number of halogens is 4. The number of benzene rings is 1. The molecule has 0 amide bonds. The maximum atomic E-state index is 12.6. The van der Waals surface area contributed by atoms with E-state index in [2.05, 4.69) is 20.7 Å². The number of sulfonamides is 1. The number of hydrogen-bond acceptors (Lipinski definition) is 3. The van der Waals surface area contributed by atoms with Gasteiger partial charge in [-0.1, -0.05) is 15.9 Å². The molecular formula is C17H23BrF3NO3S. The van der Waals surface area contributed by atoms with Gasteiger partial charge in [-0.15, -0.1) is 0 Å². The van der Waals surface area contributed by atoms with E-state index in [9.17, 15) is 21.6 Å². The standard InChI is InChI=1S/C17H23BrF3NO3S/c18-10-1-11-25-15-6-2-13(3-7-15)12-22-26(23,24)16-8-4-14(5-9-16)17(19,20)21/h4-5,8-9,13,15,22H,1-3,6-7,10-12H2. The van der Waals surface area contributed by atoms with Crippen molar-refractivity contribution in [2.24, 2.45) is 5.92 Å². The van der Waals surface area contributed by atoms with Crippen molar-refractivity contribution in [2.45, 2.75) is 49.3 Å². The Bertz CT molecular complexity index is 657. The van der Waals surface area contributed by atoms with E-state index in [-0.39, 0.29) is 23.5 Å². The molecule has 0 unspecified atom stereocenters. The Morgan fingerprint density at radius 2 is 1.73 bits per heavy atom. The summed E-state index contributed by atoms with van der Waals surface area (Å²) in [7, 11) is -3.81. The molecule has 9 heteroatoms. The highest BCUT2D eigenvalue weighted by Gasteiger charge is 2.31. The van der Waals surface area contributed by atoms with Crippen LogP contribution in [-0.4, -0.2) is 33.0 Å². The van der Waals surface area contributed by atoms with Gasteiger partial charge in [-0.25, -0.2) is 13.1 Å². The van der Waals surface area contributed by atoms with Crippen molar-refractivity contribution in [3.63, 3.8) is 0 Å². The predicted molar refractivity (Wildman–Crippen MR) is 96.7 cm³/mol. The van der Waals surface area contributed by atoms with Gasteiger partial charge >= 0.3 is 6.18 Å². The zero-order valence-electron chi connectivity index (χ0n) is 14.3. The number of rotatable bonds is 8.